The van der Waals surface area contributed by atoms with Gasteiger partial charge in [-0.05, 0) is 117 Å². The molecule has 3 saturated heterocycles. The Balaban J connectivity index is 0.00000113. The van der Waals surface area contributed by atoms with Crippen LogP contribution in [0.25, 0.3) is 11.0 Å². The molecule has 23 heteroatoms. The lowest BCUT2D eigenvalue weighted by Crippen LogP contribution is -2.60. The van der Waals surface area contributed by atoms with Gasteiger partial charge in [-0.25, -0.2) is 9.59 Å². The van der Waals surface area contributed by atoms with Crippen molar-refractivity contribution in [2.24, 2.45) is 30.4 Å². The summed E-state index contributed by atoms with van der Waals surface area (Å²) in [6.07, 6.45) is 1.51. The van der Waals surface area contributed by atoms with Gasteiger partial charge < -0.3 is 37.0 Å². The molecule has 2 aromatic carbocycles. The molecule has 1 saturated carbocycles. The number of piperidine rings is 1. The van der Waals surface area contributed by atoms with Crippen LogP contribution in [0.5, 0.6) is 0 Å². The van der Waals surface area contributed by atoms with Gasteiger partial charge in [0.15, 0.2) is 0 Å². The van der Waals surface area contributed by atoms with E-state index in [1.54, 1.807) is 16.5 Å². The number of rotatable bonds is 14. The summed E-state index contributed by atoms with van der Waals surface area (Å²) in [5.74, 6) is -5.10. The van der Waals surface area contributed by atoms with Crippen molar-refractivity contribution in [3.8, 4) is 0 Å². The molecule has 3 aliphatic heterocycles. The molecule has 7 rings (SSSR count). The number of hydrogen-bond donors (Lipinski definition) is 6. The number of nitrogens with one attached hydrogen (secondary N) is 3. The number of primary amides is 1. The molecule has 19 nitrogen and oxygen atoms in total. The standard InChI is InChI=1S/C47H62ClN9O8.C2HF3O2/c1-26(2)30-11-12-31(33(48)23-30)24-51-42(60)35(14-18-40(50)58)52-43(61)37-16-13-32-20-21-55(25-34(49)46(64)56(32)37)45(63)29-9-6-27(7-10-29)4-5-28-8-15-36-39(22-28)54(3)47(65)57(36)38-17-19-41(59)53-44(38)62;3-2(4,5)1(6)7/h8,11-12,15,22-23,26-27,29,32,34-35,37-38H,4-7,9-10,13-14,16-21,24-25,49H2,1-3H3,(H2,50,58)(H,51,60)(H,52,61)(H,53,59,62);(H,6,7)/t27?,29?,32-,34+,35+,37+,38?;/m1./s1. The molecule has 4 aliphatic rings. The van der Waals surface area contributed by atoms with Crippen molar-refractivity contribution in [2.75, 3.05) is 13.1 Å². The summed E-state index contributed by atoms with van der Waals surface area (Å²) in [5, 5.41) is 15.6. The lowest BCUT2D eigenvalue weighted by atomic mass is 9.79. The number of carboxylic acid groups (broad SMARTS) is 1. The molecule has 392 valence electrons. The highest BCUT2D eigenvalue weighted by Gasteiger charge is 2.45. The SMILES string of the molecule is CC(C)c1ccc(CNC(=O)[C@H](CCC(N)=O)NC(=O)[C@@H]2CC[C@@H]3CCN(C(=O)C4CCC(CCc5ccc6c(c5)n(C)c(=O)n6C5CCC(=O)NC5=O)CC4)C[C@H](N)C(=O)N32)c(Cl)c1.O=C(O)C(F)(F)F. The molecular weight excluding hydrogens is 967 g/mol. The van der Waals surface area contributed by atoms with Crippen molar-refractivity contribution >= 4 is 70.0 Å². The highest BCUT2D eigenvalue weighted by Crippen LogP contribution is 2.35. The third-order valence-electron chi connectivity index (χ3n) is 14.3. The van der Waals surface area contributed by atoms with Gasteiger partial charge in [0.25, 0.3) is 0 Å². The molecule has 4 fully saturated rings. The minimum atomic E-state index is -5.08. The molecule has 7 amide bonds. The van der Waals surface area contributed by atoms with Crippen LogP contribution in [0.15, 0.2) is 41.2 Å². The van der Waals surface area contributed by atoms with Gasteiger partial charge in [0.05, 0.1) is 11.0 Å². The number of imidazole rings is 1. The summed E-state index contributed by atoms with van der Waals surface area (Å²) < 4.78 is 34.8. The molecular formula is C49H63ClF3N9O10. The van der Waals surface area contributed by atoms with Crippen molar-refractivity contribution in [3.63, 3.8) is 0 Å². The second kappa shape index (κ2) is 23.5. The van der Waals surface area contributed by atoms with Crippen LogP contribution in [0.3, 0.4) is 0 Å². The highest BCUT2D eigenvalue weighted by atomic mass is 35.5. The second-order valence-electron chi connectivity index (χ2n) is 19.5. The maximum Gasteiger partial charge on any atom is 0.490 e. The van der Waals surface area contributed by atoms with Gasteiger partial charge in [-0.1, -0.05) is 43.6 Å². The number of imide groups is 1. The third-order valence-corrected chi connectivity index (χ3v) is 14.7. The minimum Gasteiger partial charge on any atom is -0.475 e. The first-order valence-corrected chi connectivity index (χ1v) is 24.7. The fraction of sp³-hybridized carbons (Fsp3) is 0.571. The van der Waals surface area contributed by atoms with E-state index in [2.05, 4.69) is 29.8 Å². The van der Waals surface area contributed by atoms with Gasteiger partial charge >= 0.3 is 17.8 Å². The van der Waals surface area contributed by atoms with Crippen molar-refractivity contribution < 1.29 is 56.6 Å². The number of carboxylic acids is 1. The Morgan fingerprint density at radius 2 is 1.62 bits per heavy atom. The van der Waals surface area contributed by atoms with Crippen molar-refractivity contribution in [2.45, 2.75) is 146 Å². The average Bonchev–Trinajstić information content (AvgIpc) is 3.86. The van der Waals surface area contributed by atoms with Crippen LogP contribution in [0, 0.1) is 11.8 Å². The van der Waals surface area contributed by atoms with Gasteiger partial charge in [-0.2, -0.15) is 13.2 Å². The molecule has 0 spiro atoms. The van der Waals surface area contributed by atoms with E-state index < -0.39 is 65.8 Å². The number of carbonyl (C=O) groups is 8. The van der Waals surface area contributed by atoms with Gasteiger partial charge in [-0.3, -0.25) is 48.0 Å². The lowest BCUT2D eigenvalue weighted by molar-refractivity contribution is -0.192. The van der Waals surface area contributed by atoms with E-state index in [9.17, 15) is 51.5 Å². The van der Waals surface area contributed by atoms with Crippen LogP contribution in [-0.4, -0.2) is 115 Å². The monoisotopic (exact) mass is 1030 g/mol. The summed E-state index contributed by atoms with van der Waals surface area (Å²) in [6.45, 7) is 4.65. The Hall–Kier alpha value is -6.29. The Bertz CT molecular complexity index is 2630. The molecule has 0 bridgehead atoms. The number of alkyl halides is 3. The van der Waals surface area contributed by atoms with E-state index in [1.807, 2.05) is 36.4 Å². The van der Waals surface area contributed by atoms with Crippen LogP contribution in [0.4, 0.5) is 13.2 Å². The summed E-state index contributed by atoms with van der Waals surface area (Å²) in [4.78, 5) is 117. The van der Waals surface area contributed by atoms with Gasteiger partial charge in [0.2, 0.25) is 41.4 Å². The molecule has 3 aromatic rings. The Morgan fingerprint density at radius 3 is 2.25 bits per heavy atom. The highest BCUT2D eigenvalue weighted by molar-refractivity contribution is 6.31. The normalized spacial score (nSPS) is 23.0. The Morgan fingerprint density at radius 1 is 0.931 bits per heavy atom. The number of aryl methyl sites for hydroxylation is 2. The first-order chi connectivity index (χ1) is 33.9. The van der Waals surface area contributed by atoms with E-state index in [0.717, 1.165) is 55.2 Å². The summed E-state index contributed by atoms with van der Waals surface area (Å²) in [6, 6.07) is 7.46. The predicted octanol–water partition coefficient (Wildman–Crippen LogP) is 3.45. The fourth-order valence-corrected chi connectivity index (χ4v) is 10.4. The van der Waals surface area contributed by atoms with Crippen LogP contribution in [0.1, 0.15) is 120 Å². The topological polar surface area (TPSA) is 278 Å². The molecule has 1 aromatic heterocycles. The first kappa shape index (κ1) is 55.0. The number of aromatic nitrogens is 2. The van der Waals surface area contributed by atoms with E-state index in [-0.39, 0.29) is 74.2 Å². The second-order valence-corrected chi connectivity index (χ2v) is 19.9. The smallest absolute Gasteiger partial charge is 0.475 e. The predicted molar refractivity (Wildman–Crippen MR) is 257 cm³/mol. The number of carbonyl (C=O) groups excluding carboxylic acids is 7. The summed E-state index contributed by atoms with van der Waals surface area (Å²) >= 11 is 6.49. The molecule has 1 unspecified atom stereocenters. The molecule has 1 aliphatic carbocycles. The number of amides is 7. The maximum atomic E-state index is 14.0. The van der Waals surface area contributed by atoms with Crippen molar-refractivity contribution in [3.05, 3.63) is 68.6 Å². The van der Waals surface area contributed by atoms with Crippen LogP contribution < -0.4 is 33.1 Å². The first-order valence-electron chi connectivity index (χ1n) is 24.3. The van der Waals surface area contributed by atoms with E-state index in [0.29, 0.717) is 47.8 Å². The number of aliphatic carboxylic acids is 1. The quantitative estimate of drug-likeness (QED) is 0.127. The Kier molecular flexibility index (Phi) is 18.0. The lowest BCUT2D eigenvalue weighted by Gasteiger charge is -2.39. The zero-order valence-electron chi connectivity index (χ0n) is 40.5. The molecule has 8 N–H and O–H groups in total. The molecule has 4 heterocycles. The van der Waals surface area contributed by atoms with Crippen molar-refractivity contribution in [1.29, 1.82) is 0 Å². The number of hydrogen-bond acceptors (Lipinski definition) is 10. The molecule has 0 radical (unpaired) electrons. The molecule has 72 heavy (non-hydrogen) atoms. The average molecular weight is 1030 g/mol. The minimum absolute atomic E-state index is 0.000193. The van der Waals surface area contributed by atoms with Crippen molar-refractivity contribution in [1.82, 2.24) is 34.9 Å². The van der Waals surface area contributed by atoms with Crippen LogP contribution in [0.2, 0.25) is 5.02 Å². The van der Waals surface area contributed by atoms with Crippen LogP contribution >= 0.6 is 11.6 Å². The maximum absolute atomic E-state index is 14.0. The number of benzene rings is 2. The number of nitrogens with two attached hydrogens (primary N) is 2. The summed E-state index contributed by atoms with van der Waals surface area (Å²) in [7, 11) is 1.69. The Labute approximate surface area is 418 Å². The van der Waals surface area contributed by atoms with E-state index in [4.69, 9.17) is 33.0 Å². The fourth-order valence-electron chi connectivity index (χ4n) is 10.2. The largest absolute Gasteiger partial charge is 0.490 e. The van der Waals surface area contributed by atoms with Gasteiger partial charge in [-0.15, -0.1) is 0 Å². The van der Waals surface area contributed by atoms with E-state index >= 15 is 0 Å². The number of fused-ring (bicyclic) bond motifs is 2. The van der Waals surface area contributed by atoms with Gasteiger partial charge in [0.1, 0.15) is 24.2 Å². The third kappa shape index (κ3) is 13.2. The van der Waals surface area contributed by atoms with Crippen LogP contribution in [-0.2, 0) is 58.4 Å². The zero-order chi connectivity index (χ0) is 52.8. The summed E-state index contributed by atoms with van der Waals surface area (Å²) in [5.41, 5.74) is 15.8. The molecule has 5 atom stereocenters. The number of nitrogens with zero attached hydrogens (tertiary/aromatic N) is 4. The van der Waals surface area contributed by atoms with E-state index in [1.165, 1.54) is 9.47 Å². The number of halogens is 4. The zero-order valence-corrected chi connectivity index (χ0v) is 41.2. The van der Waals surface area contributed by atoms with Gasteiger partial charge in [0, 0.05) is 56.5 Å².